The summed E-state index contributed by atoms with van der Waals surface area (Å²) in [6.45, 7) is 5.47. The van der Waals surface area contributed by atoms with Gasteiger partial charge in [-0.05, 0) is 88.3 Å². The fourth-order valence-electron chi connectivity index (χ4n) is 7.92. The van der Waals surface area contributed by atoms with E-state index in [2.05, 4.69) is 41.9 Å². The van der Waals surface area contributed by atoms with Crippen LogP contribution in [-0.4, -0.2) is 51.4 Å². The van der Waals surface area contributed by atoms with Crippen LogP contribution in [0.1, 0.15) is 119 Å². The molecule has 0 bridgehead atoms. The highest BCUT2D eigenvalue weighted by molar-refractivity contribution is 5.91. The number of carbonyl (C=O) groups is 3. The van der Waals surface area contributed by atoms with Crippen molar-refractivity contribution in [1.82, 2.24) is 9.88 Å². The Kier molecular flexibility index (Phi) is 9.71. The molecule has 0 amide bonds. The van der Waals surface area contributed by atoms with Gasteiger partial charge in [-0.15, -0.1) is 0 Å². The topological polar surface area (TPSA) is 118 Å². The van der Waals surface area contributed by atoms with Crippen LogP contribution in [0.4, 0.5) is 0 Å². The van der Waals surface area contributed by atoms with E-state index in [0.717, 1.165) is 32.2 Å². The summed E-state index contributed by atoms with van der Waals surface area (Å²) in [5, 5.41) is 21.0. The van der Waals surface area contributed by atoms with Crippen molar-refractivity contribution in [3.05, 3.63) is 47.2 Å². The number of carbonyl (C=O) groups excluding carboxylic acids is 1. The maximum atomic E-state index is 13.1. The lowest BCUT2D eigenvalue weighted by Gasteiger charge is -2.40. The minimum absolute atomic E-state index is 0.0232. The maximum Gasteiger partial charge on any atom is 0.328 e. The van der Waals surface area contributed by atoms with Crippen molar-refractivity contribution in [3.8, 4) is 0 Å². The highest BCUT2D eigenvalue weighted by atomic mass is 16.5. The predicted molar refractivity (Wildman–Crippen MR) is 162 cm³/mol. The van der Waals surface area contributed by atoms with Crippen molar-refractivity contribution in [3.63, 3.8) is 0 Å². The molecule has 3 aliphatic carbocycles. The molecule has 42 heavy (non-hydrogen) atoms. The molecule has 1 aromatic heterocycles. The summed E-state index contributed by atoms with van der Waals surface area (Å²) in [4.78, 5) is 32.2. The van der Waals surface area contributed by atoms with E-state index in [1.807, 2.05) is 0 Å². The van der Waals surface area contributed by atoms with Gasteiger partial charge in [0.2, 0.25) is 0 Å². The van der Waals surface area contributed by atoms with Crippen LogP contribution in [0.3, 0.4) is 0 Å². The zero-order chi connectivity index (χ0) is 29.8. The molecule has 6 rings (SSSR count). The number of ether oxygens (including phenoxy) is 1. The summed E-state index contributed by atoms with van der Waals surface area (Å²) in [5.74, 6) is -1.40. The molecule has 3 atom stereocenters. The number of hydrogen-bond donors (Lipinski definition) is 3. The second kappa shape index (κ2) is 13.4. The Morgan fingerprint density at radius 3 is 2.21 bits per heavy atom. The van der Waals surface area contributed by atoms with Crippen molar-refractivity contribution in [2.75, 3.05) is 6.54 Å². The lowest BCUT2D eigenvalue weighted by atomic mass is 9.72. The molecule has 2 saturated carbocycles. The molecular weight excluding hydrogens is 532 g/mol. The summed E-state index contributed by atoms with van der Waals surface area (Å²) in [5.41, 5.74) is 6.15. The SMILES string of the molecule is CC(C)n1c(C2CCCCC2)c2c3c(cccc31)C1C[C@@H](C(=O)OC3CCCCC3)CN[C@@H]1C2.O=C(O)/C=C\C(=O)O. The zero-order valence-electron chi connectivity index (χ0n) is 25.0. The Labute approximate surface area is 248 Å². The number of nitrogens with one attached hydrogen (secondary N) is 1. The number of esters is 1. The molecule has 1 saturated heterocycles. The van der Waals surface area contributed by atoms with Gasteiger partial charge in [-0.3, -0.25) is 4.79 Å². The van der Waals surface area contributed by atoms with E-state index in [-0.39, 0.29) is 18.0 Å². The molecule has 3 N–H and O–H groups in total. The number of aromatic nitrogens is 1. The van der Waals surface area contributed by atoms with E-state index in [1.165, 1.54) is 67.8 Å². The van der Waals surface area contributed by atoms with E-state index in [9.17, 15) is 14.4 Å². The van der Waals surface area contributed by atoms with E-state index >= 15 is 0 Å². The third-order valence-corrected chi connectivity index (χ3v) is 9.72. The Balaban J connectivity index is 0.000000390. The second-order valence-corrected chi connectivity index (χ2v) is 12.9. The van der Waals surface area contributed by atoms with Crippen LogP contribution in [0, 0.1) is 5.92 Å². The molecule has 228 valence electrons. The Hall–Kier alpha value is -3.13. The first-order chi connectivity index (χ1) is 20.2. The lowest BCUT2D eigenvalue weighted by molar-refractivity contribution is -0.156. The third kappa shape index (κ3) is 6.59. The maximum absolute atomic E-state index is 13.1. The fourth-order valence-corrected chi connectivity index (χ4v) is 7.92. The standard InChI is InChI=1S/C30H42N2O2.C4H4O4/c1-19(2)32-27-15-9-14-23-24-16-21(30(33)34-22-12-7-4-8-13-22)18-31-26(24)17-25(28(23)27)29(32)20-10-5-3-6-11-20;5-3(6)1-2-4(7)8/h9,14-15,19-22,24,26,31H,3-8,10-13,16-18H2,1-2H3;1-2H,(H,5,6)(H,7,8)/b;2-1-/t21-,24?,26-;/m1./s1. The quantitative estimate of drug-likeness (QED) is 0.265. The number of carboxylic acid groups (broad SMARTS) is 2. The van der Waals surface area contributed by atoms with Crippen molar-refractivity contribution < 1.29 is 29.3 Å². The molecular formula is C34H46N2O6. The lowest BCUT2D eigenvalue weighted by Crippen LogP contribution is -2.49. The number of piperidine rings is 1. The molecule has 0 radical (unpaired) electrons. The van der Waals surface area contributed by atoms with Crippen LogP contribution < -0.4 is 5.32 Å². The van der Waals surface area contributed by atoms with Crippen LogP contribution in [0.5, 0.6) is 0 Å². The van der Waals surface area contributed by atoms with Crippen LogP contribution in [0.2, 0.25) is 0 Å². The van der Waals surface area contributed by atoms with Gasteiger partial charge >= 0.3 is 17.9 Å². The van der Waals surface area contributed by atoms with E-state index < -0.39 is 11.9 Å². The van der Waals surface area contributed by atoms with Crippen molar-refractivity contribution >= 4 is 28.8 Å². The van der Waals surface area contributed by atoms with Crippen LogP contribution in [0.15, 0.2) is 30.4 Å². The molecule has 2 heterocycles. The summed E-state index contributed by atoms with van der Waals surface area (Å²) < 4.78 is 8.68. The molecule has 3 fully saturated rings. The van der Waals surface area contributed by atoms with Crippen LogP contribution in [-0.2, 0) is 25.5 Å². The Morgan fingerprint density at radius 2 is 1.60 bits per heavy atom. The number of hydrogen-bond acceptors (Lipinski definition) is 5. The number of aliphatic carboxylic acids is 2. The van der Waals surface area contributed by atoms with Gasteiger partial charge in [0.05, 0.1) is 5.92 Å². The van der Waals surface area contributed by atoms with Gasteiger partial charge in [0.15, 0.2) is 0 Å². The fraction of sp³-hybridized carbons (Fsp3) is 0.618. The van der Waals surface area contributed by atoms with Gasteiger partial charge in [-0.25, -0.2) is 9.59 Å². The number of fused-ring (bicyclic) bond motifs is 2. The first-order valence-electron chi connectivity index (χ1n) is 16.0. The molecule has 1 aromatic carbocycles. The monoisotopic (exact) mass is 578 g/mol. The van der Waals surface area contributed by atoms with Gasteiger partial charge in [0, 0.05) is 53.3 Å². The average molecular weight is 579 g/mol. The normalized spacial score (nSPS) is 24.7. The second-order valence-electron chi connectivity index (χ2n) is 12.9. The summed E-state index contributed by atoms with van der Waals surface area (Å²) in [6, 6.07) is 7.86. The van der Waals surface area contributed by atoms with Crippen LogP contribution in [0.25, 0.3) is 10.9 Å². The summed E-state index contributed by atoms with van der Waals surface area (Å²) in [6.07, 6.45) is 15.9. The van der Waals surface area contributed by atoms with Gasteiger partial charge in [-0.2, -0.15) is 0 Å². The molecule has 4 aliphatic rings. The first kappa shape index (κ1) is 30.3. The van der Waals surface area contributed by atoms with Gasteiger partial charge in [0.1, 0.15) is 6.10 Å². The molecule has 0 spiro atoms. The minimum atomic E-state index is -1.26. The molecule has 8 nitrogen and oxygen atoms in total. The average Bonchev–Trinajstić information content (AvgIpc) is 3.32. The highest BCUT2D eigenvalue weighted by Gasteiger charge is 2.42. The van der Waals surface area contributed by atoms with Gasteiger partial charge < -0.3 is 24.8 Å². The third-order valence-electron chi connectivity index (χ3n) is 9.72. The largest absolute Gasteiger partial charge is 0.478 e. The first-order valence-corrected chi connectivity index (χ1v) is 16.0. The van der Waals surface area contributed by atoms with E-state index in [4.69, 9.17) is 14.9 Å². The smallest absolute Gasteiger partial charge is 0.328 e. The molecule has 1 aliphatic heterocycles. The predicted octanol–water partition coefficient (Wildman–Crippen LogP) is 6.48. The highest BCUT2D eigenvalue weighted by Crippen LogP contribution is 2.48. The molecule has 1 unspecified atom stereocenters. The number of carboxylic acids is 2. The van der Waals surface area contributed by atoms with Gasteiger partial charge in [-0.1, -0.05) is 37.8 Å². The Morgan fingerprint density at radius 1 is 0.952 bits per heavy atom. The molecule has 2 aromatic rings. The summed E-state index contributed by atoms with van der Waals surface area (Å²) >= 11 is 0. The van der Waals surface area contributed by atoms with E-state index in [0.29, 0.717) is 36.1 Å². The van der Waals surface area contributed by atoms with E-state index in [1.54, 1.807) is 11.3 Å². The minimum Gasteiger partial charge on any atom is -0.478 e. The van der Waals surface area contributed by atoms with Crippen LogP contribution >= 0.6 is 0 Å². The molecule has 8 heteroatoms. The van der Waals surface area contributed by atoms with Crippen molar-refractivity contribution in [1.29, 1.82) is 0 Å². The van der Waals surface area contributed by atoms with Crippen molar-refractivity contribution in [2.45, 2.75) is 121 Å². The number of benzene rings is 1. The number of rotatable bonds is 6. The Bertz CT molecular complexity index is 1300. The van der Waals surface area contributed by atoms with Gasteiger partial charge in [0.25, 0.3) is 0 Å². The number of nitrogens with zero attached hydrogens (tertiary/aromatic N) is 1. The zero-order valence-corrected chi connectivity index (χ0v) is 25.0. The van der Waals surface area contributed by atoms with Crippen molar-refractivity contribution in [2.24, 2.45) is 5.92 Å². The summed E-state index contributed by atoms with van der Waals surface area (Å²) in [7, 11) is 0.